The van der Waals surface area contributed by atoms with E-state index in [9.17, 15) is 0 Å². The summed E-state index contributed by atoms with van der Waals surface area (Å²) in [5.41, 5.74) is 0. The van der Waals surface area contributed by atoms with E-state index in [1.165, 1.54) is 77.0 Å². The maximum absolute atomic E-state index is 5.89. The van der Waals surface area contributed by atoms with E-state index in [-0.39, 0.29) is 19.3 Å². The molecule has 1 aliphatic heterocycles. The molecule has 2 unspecified atom stereocenters. The number of rotatable bonds is 15. The minimum absolute atomic E-state index is 0.0912. The average Bonchev–Trinajstić information content (AvgIpc) is 2.61. The largest absolute Gasteiger partial charge is 0.454 e. The Hall–Kier alpha value is -0.315. The Morgan fingerprint density at radius 3 is 2.12 bits per heavy atom. The Bertz CT molecular complexity index is 325. The van der Waals surface area contributed by atoms with Crippen molar-refractivity contribution in [1.29, 1.82) is 0 Å². The Labute approximate surface area is 157 Å². The third-order valence-corrected chi connectivity index (χ3v) is 5.02. The van der Waals surface area contributed by atoms with Crippen LogP contribution in [-0.4, -0.2) is 32.4 Å². The molecule has 2 atom stereocenters. The molecular formula is C21H42BNO2. The van der Waals surface area contributed by atoms with Crippen LogP contribution in [0.2, 0.25) is 6.82 Å². The zero-order valence-electron chi connectivity index (χ0n) is 17.1. The van der Waals surface area contributed by atoms with Crippen LogP contribution in [0.3, 0.4) is 0 Å². The molecule has 1 N–H and O–H groups in total. The molecule has 0 bridgehead atoms. The van der Waals surface area contributed by atoms with Crippen LogP contribution in [-0.2, 0) is 9.31 Å². The van der Waals surface area contributed by atoms with Crippen LogP contribution in [0.1, 0.15) is 90.9 Å². The van der Waals surface area contributed by atoms with Crippen molar-refractivity contribution in [1.82, 2.24) is 5.32 Å². The third-order valence-electron chi connectivity index (χ3n) is 5.02. The molecular weight excluding hydrogens is 309 g/mol. The second-order valence-electron chi connectivity index (χ2n) is 7.42. The van der Waals surface area contributed by atoms with Crippen LogP contribution in [0.15, 0.2) is 12.2 Å². The monoisotopic (exact) mass is 351 g/mol. The molecule has 1 rings (SSSR count). The summed E-state index contributed by atoms with van der Waals surface area (Å²) in [6, 6.07) is 0.287. The number of likely N-dealkylation sites (N-methyl/N-ethyl adjacent to an activating group) is 1. The summed E-state index contributed by atoms with van der Waals surface area (Å²) >= 11 is 0. The highest BCUT2D eigenvalue weighted by molar-refractivity contribution is 6.42. The fourth-order valence-electron chi connectivity index (χ4n) is 3.46. The third kappa shape index (κ3) is 11.8. The van der Waals surface area contributed by atoms with Crippen LogP contribution in [0.25, 0.3) is 0 Å². The summed E-state index contributed by atoms with van der Waals surface area (Å²) < 4.78 is 11.5. The van der Waals surface area contributed by atoms with Crippen molar-refractivity contribution in [2.75, 3.05) is 13.2 Å². The van der Waals surface area contributed by atoms with Crippen LogP contribution in [0, 0.1) is 0 Å². The maximum atomic E-state index is 5.89. The summed E-state index contributed by atoms with van der Waals surface area (Å²) in [4.78, 5) is 0. The van der Waals surface area contributed by atoms with Gasteiger partial charge in [-0.3, -0.25) is 0 Å². The Morgan fingerprint density at radius 1 is 0.920 bits per heavy atom. The highest BCUT2D eigenvalue weighted by Gasteiger charge is 2.29. The van der Waals surface area contributed by atoms with Gasteiger partial charge in [0.1, 0.15) is 0 Å². The molecule has 1 heterocycles. The molecule has 0 spiro atoms. The van der Waals surface area contributed by atoms with Crippen molar-refractivity contribution in [2.45, 2.75) is 110 Å². The zero-order chi connectivity index (χ0) is 18.2. The van der Waals surface area contributed by atoms with Crippen molar-refractivity contribution < 1.29 is 9.31 Å². The molecule has 0 aromatic rings. The quantitative estimate of drug-likeness (QED) is 0.231. The van der Waals surface area contributed by atoms with Gasteiger partial charge in [-0.25, -0.2) is 0 Å². The van der Waals surface area contributed by atoms with Gasteiger partial charge in [0.25, 0.3) is 0 Å². The van der Waals surface area contributed by atoms with E-state index in [0.29, 0.717) is 0 Å². The predicted octanol–water partition coefficient (Wildman–Crippen LogP) is 5.76. The minimum Gasteiger partial charge on any atom is -0.410 e. The van der Waals surface area contributed by atoms with Crippen LogP contribution >= 0.6 is 0 Å². The van der Waals surface area contributed by atoms with Gasteiger partial charge in [0.05, 0.1) is 12.1 Å². The summed E-state index contributed by atoms with van der Waals surface area (Å²) in [6.45, 7) is 8.08. The number of nitrogens with one attached hydrogen (secondary N) is 1. The summed E-state index contributed by atoms with van der Waals surface area (Å²) in [5.74, 6) is 0. The lowest BCUT2D eigenvalue weighted by Gasteiger charge is -2.33. The van der Waals surface area contributed by atoms with E-state index >= 15 is 0 Å². The standard InChI is InChI=1S/C21H42BNO2/c1-4-6-7-8-9-10-11-12-13-14-15-16-17-18-21-20(23-5-2)19-24-22(3)25-21/h17-18,20-21,23H,4-16,19H2,1-3H3/b18-17+. The van der Waals surface area contributed by atoms with Crippen molar-refractivity contribution in [2.24, 2.45) is 0 Å². The Morgan fingerprint density at radius 2 is 1.52 bits per heavy atom. The minimum atomic E-state index is -0.0912. The van der Waals surface area contributed by atoms with Crippen LogP contribution in [0.5, 0.6) is 0 Å². The van der Waals surface area contributed by atoms with E-state index in [1.54, 1.807) is 0 Å². The molecule has 3 nitrogen and oxygen atoms in total. The number of allylic oxidation sites excluding steroid dienone is 1. The fraction of sp³-hybridized carbons (Fsp3) is 0.905. The Kier molecular flexibility index (Phi) is 14.5. The zero-order valence-corrected chi connectivity index (χ0v) is 17.1. The van der Waals surface area contributed by atoms with Crippen molar-refractivity contribution in [3.05, 3.63) is 12.2 Å². The van der Waals surface area contributed by atoms with E-state index < -0.39 is 0 Å². The lowest BCUT2D eigenvalue weighted by atomic mass is 9.90. The van der Waals surface area contributed by atoms with Crippen molar-refractivity contribution in [3.63, 3.8) is 0 Å². The van der Waals surface area contributed by atoms with Gasteiger partial charge >= 0.3 is 7.12 Å². The Balaban J connectivity index is 1.96. The van der Waals surface area contributed by atoms with Crippen molar-refractivity contribution in [3.8, 4) is 0 Å². The number of hydrogen-bond acceptors (Lipinski definition) is 3. The molecule has 0 aliphatic carbocycles. The normalized spacial score (nSPS) is 21.3. The SMILES string of the molecule is CCCCCCCCCCCCC/C=C/C1OB(C)OCC1NCC. The molecule has 1 saturated heterocycles. The highest BCUT2D eigenvalue weighted by atomic mass is 16.6. The first-order valence-corrected chi connectivity index (χ1v) is 10.9. The first-order valence-electron chi connectivity index (χ1n) is 10.9. The molecule has 1 aliphatic rings. The maximum Gasteiger partial charge on any atom is 0.454 e. The van der Waals surface area contributed by atoms with Gasteiger partial charge < -0.3 is 14.6 Å². The van der Waals surface area contributed by atoms with Crippen molar-refractivity contribution >= 4 is 7.12 Å². The lowest BCUT2D eigenvalue weighted by molar-refractivity contribution is 0.0627. The predicted molar refractivity (Wildman–Crippen MR) is 110 cm³/mol. The van der Waals surface area contributed by atoms with E-state index in [0.717, 1.165) is 13.2 Å². The van der Waals surface area contributed by atoms with Gasteiger partial charge in [0, 0.05) is 6.61 Å². The van der Waals surface area contributed by atoms with Crippen LogP contribution < -0.4 is 5.32 Å². The summed E-state index contributed by atoms with van der Waals surface area (Å²) in [7, 11) is -0.0912. The average molecular weight is 351 g/mol. The molecule has 25 heavy (non-hydrogen) atoms. The van der Waals surface area contributed by atoms with E-state index in [4.69, 9.17) is 9.31 Å². The smallest absolute Gasteiger partial charge is 0.410 e. The second-order valence-corrected chi connectivity index (χ2v) is 7.42. The van der Waals surface area contributed by atoms with Crippen LogP contribution in [0.4, 0.5) is 0 Å². The van der Waals surface area contributed by atoms with Gasteiger partial charge in [-0.15, -0.1) is 0 Å². The topological polar surface area (TPSA) is 30.5 Å². The van der Waals surface area contributed by atoms with Gasteiger partial charge in [-0.2, -0.15) is 0 Å². The van der Waals surface area contributed by atoms with Gasteiger partial charge in [-0.1, -0.05) is 90.2 Å². The molecule has 1 fully saturated rings. The number of hydrogen-bond donors (Lipinski definition) is 1. The first-order chi connectivity index (χ1) is 12.3. The molecule has 0 aromatic carbocycles. The van der Waals surface area contributed by atoms with Gasteiger partial charge in [0.15, 0.2) is 0 Å². The summed E-state index contributed by atoms with van der Waals surface area (Å²) in [5, 5.41) is 3.45. The molecule has 0 radical (unpaired) electrons. The van der Waals surface area contributed by atoms with E-state index in [2.05, 4.69) is 31.3 Å². The molecule has 0 saturated carbocycles. The molecule has 0 amide bonds. The van der Waals surface area contributed by atoms with E-state index in [1.807, 2.05) is 6.82 Å². The number of unbranched alkanes of at least 4 members (excludes halogenated alkanes) is 11. The molecule has 0 aromatic heterocycles. The second kappa shape index (κ2) is 15.9. The lowest BCUT2D eigenvalue weighted by Crippen LogP contribution is -2.51. The summed E-state index contributed by atoms with van der Waals surface area (Å²) in [6.07, 6.45) is 21.3. The highest BCUT2D eigenvalue weighted by Crippen LogP contribution is 2.14. The molecule has 146 valence electrons. The first kappa shape index (κ1) is 22.7. The molecule has 4 heteroatoms. The van der Waals surface area contributed by atoms with Gasteiger partial charge in [0.2, 0.25) is 0 Å². The fourth-order valence-corrected chi connectivity index (χ4v) is 3.46. The van der Waals surface area contributed by atoms with Gasteiger partial charge in [-0.05, 0) is 26.2 Å².